The van der Waals surface area contributed by atoms with Crippen molar-refractivity contribution in [2.75, 3.05) is 0 Å². The van der Waals surface area contributed by atoms with Gasteiger partial charge in [0.25, 0.3) is 11.1 Å². The molecule has 5 heteroatoms. The summed E-state index contributed by atoms with van der Waals surface area (Å²) in [5.74, 6) is 1.07. The van der Waals surface area contributed by atoms with Gasteiger partial charge >= 0.3 is 0 Å². The van der Waals surface area contributed by atoms with E-state index in [0.717, 1.165) is 6.42 Å². The molecular weight excluding hydrogens is 232 g/mol. The number of rotatable bonds is 0. The van der Waals surface area contributed by atoms with E-state index in [-0.39, 0.29) is 23.2 Å². The first kappa shape index (κ1) is 9.94. The van der Waals surface area contributed by atoms with E-state index in [9.17, 15) is 9.59 Å². The molecule has 4 rings (SSSR count). The fourth-order valence-corrected chi connectivity index (χ4v) is 3.27. The molecule has 2 aliphatic rings. The predicted molar refractivity (Wildman–Crippen MR) is 66.0 cm³/mol. The topological polar surface area (TPSA) is 57.1 Å². The molecule has 18 heavy (non-hydrogen) atoms. The summed E-state index contributed by atoms with van der Waals surface area (Å²) in [5, 5.41) is 0.879. The van der Waals surface area contributed by atoms with E-state index in [1.807, 2.05) is 12.2 Å². The van der Waals surface area contributed by atoms with Crippen LogP contribution in [0.4, 0.5) is 0 Å². The second-order valence-electron chi connectivity index (χ2n) is 5.02. The molecule has 2 aromatic heterocycles. The lowest BCUT2D eigenvalue weighted by Crippen LogP contribution is -2.37. The monoisotopic (exact) mass is 244 g/mol. The van der Waals surface area contributed by atoms with Crippen LogP contribution in [0.2, 0.25) is 0 Å². The second kappa shape index (κ2) is 2.85. The molecular formula is C13H12N2O3. The molecule has 92 valence electrons. The van der Waals surface area contributed by atoms with Crippen molar-refractivity contribution in [3.63, 3.8) is 0 Å². The molecule has 5 nitrogen and oxygen atoms in total. The number of aromatic nitrogens is 2. The first-order chi connectivity index (χ1) is 8.59. The van der Waals surface area contributed by atoms with Gasteiger partial charge < -0.3 is 4.42 Å². The Hall–Kier alpha value is -2.04. The number of fused-ring (bicyclic) bond motifs is 6. The minimum absolute atomic E-state index is 0.0224. The predicted octanol–water partition coefficient (Wildman–Crippen LogP) is 1.43. The normalized spacial score (nSPS) is 24.1. The first-order valence-electron chi connectivity index (χ1n) is 6.05. The van der Waals surface area contributed by atoms with Crippen LogP contribution in [0.3, 0.4) is 0 Å². The summed E-state index contributed by atoms with van der Waals surface area (Å²) in [5.41, 5.74) is -0.230. The second-order valence-corrected chi connectivity index (χ2v) is 5.02. The van der Waals surface area contributed by atoms with Crippen LogP contribution in [0.1, 0.15) is 30.0 Å². The molecule has 2 aromatic rings. The van der Waals surface area contributed by atoms with Crippen molar-refractivity contribution in [1.29, 1.82) is 0 Å². The Morgan fingerprint density at radius 1 is 1.00 bits per heavy atom. The maximum absolute atomic E-state index is 12.5. The fourth-order valence-electron chi connectivity index (χ4n) is 3.27. The van der Waals surface area contributed by atoms with Crippen molar-refractivity contribution in [3.8, 4) is 0 Å². The number of hydrogen-bond donors (Lipinski definition) is 0. The van der Waals surface area contributed by atoms with Crippen molar-refractivity contribution in [2.45, 2.75) is 32.4 Å². The Morgan fingerprint density at radius 2 is 1.44 bits per heavy atom. The minimum Gasteiger partial charge on any atom is -0.465 e. The van der Waals surface area contributed by atoms with Crippen LogP contribution in [0.15, 0.2) is 26.2 Å². The molecule has 0 aromatic carbocycles. The van der Waals surface area contributed by atoms with Crippen LogP contribution in [0.5, 0.6) is 0 Å². The summed E-state index contributed by atoms with van der Waals surface area (Å²) in [6.07, 6.45) is 4.82. The van der Waals surface area contributed by atoms with E-state index in [4.69, 9.17) is 4.42 Å². The molecule has 0 N–H and O–H groups in total. The molecule has 0 unspecified atom stereocenters. The van der Waals surface area contributed by atoms with Gasteiger partial charge in [-0.15, -0.1) is 0 Å². The molecule has 0 radical (unpaired) electrons. The van der Waals surface area contributed by atoms with Crippen molar-refractivity contribution < 1.29 is 4.42 Å². The summed E-state index contributed by atoms with van der Waals surface area (Å²) < 4.78 is 8.61. The third-order valence-electron chi connectivity index (χ3n) is 4.00. The van der Waals surface area contributed by atoms with E-state index >= 15 is 0 Å². The van der Waals surface area contributed by atoms with Gasteiger partial charge in [-0.1, -0.05) is 12.2 Å². The zero-order chi connectivity index (χ0) is 12.6. The number of allylic oxidation sites excluding steroid dienone is 2. The van der Waals surface area contributed by atoms with E-state index < -0.39 is 0 Å². The highest BCUT2D eigenvalue weighted by Crippen LogP contribution is 2.36. The number of furan rings is 1. The maximum Gasteiger partial charge on any atom is 0.277 e. The molecule has 0 amide bonds. The Labute approximate surface area is 102 Å². The third kappa shape index (κ3) is 0.903. The van der Waals surface area contributed by atoms with Gasteiger partial charge in [-0.05, 0) is 20.3 Å². The van der Waals surface area contributed by atoms with Crippen molar-refractivity contribution in [2.24, 2.45) is 0 Å². The lowest BCUT2D eigenvalue weighted by atomic mass is 10.2. The van der Waals surface area contributed by atoms with Crippen LogP contribution in [0, 0.1) is 13.8 Å². The highest BCUT2D eigenvalue weighted by molar-refractivity contribution is 5.85. The molecule has 0 saturated heterocycles. The van der Waals surface area contributed by atoms with Crippen LogP contribution in [-0.2, 0) is 0 Å². The zero-order valence-corrected chi connectivity index (χ0v) is 10.1. The molecule has 2 atom stereocenters. The van der Waals surface area contributed by atoms with E-state index in [2.05, 4.69) is 0 Å². The molecule has 2 bridgehead atoms. The lowest BCUT2D eigenvalue weighted by molar-refractivity contribution is 0.486. The highest BCUT2D eigenvalue weighted by atomic mass is 16.3. The summed E-state index contributed by atoms with van der Waals surface area (Å²) >= 11 is 0. The molecule has 0 spiro atoms. The molecule has 1 aliphatic carbocycles. The standard InChI is InChI=1S/C13H12N2O3/c1-6-10-11(7(2)18-6)13(17)15-9-4-3-8(5-9)14(15)12(10)16/h3-4,8-9H,5H2,1-2H3/t8-,9+. The molecule has 1 aliphatic heterocycles. The number of aryl methyl sites for hydroxylation is 2. The highest BCUT2D eigenvalue weighted by Gasteiger charge is 2.36. The van der Waals surface area contributed by atoms with Gasteiger partial charge in [0.05, 0.1) is 22.9 Å². The molecule has 0 fully saturated rings. The maximum atomic E-state index is 12.5. The Morgan fingerprint density at radius 3 is 1.89 bits per heavy atom. The Kier molecular flexibility index (Phi) is 1.58. The minimum atomic E-state index is -0.115. The van der Waals surface area contributed by atoms with E-state index in [0.29, 0.717) is 22.3 Å². The summed E-state index contributed by atoms with van der Waals surface area (Å²) in [6.45, 7) is 3.47. The van der Waals surface area contributed by atoms with Gasteiger partial charge in [-0.2, -0.15) is 0 Å². The average Bonchev–Trinajstić information content (AvgIpc) is 2.98. The van der Waals surface area contributed by atoms with Crippen LogP contribution in [-0.4, -0.2) is 9.36 Å². The third-order valence-corrected chi connectivity index (χ3v) is 4.00. The van der Waals surface area contributed by atoms with Gasteiger partial charge in [-0.25, -0.2) is 9.36 Å². The first-order valence-corrected chi connectivity index (χ1v) is 6.05. The van der Waals surface area contributed by atoms with Crippen molar-refractivity contribution in [3.05, 3.63) is 44.4 Å². The number of hydrogen-bond acceptors (Lipinski definition) is 3. The smallest absolute Gasteiger partial charge is 0.277 e. The SMILES string of the molecule is Cc1oc(C)c2c(=O)n3n(c(=O)c12)[C@@H]1C=C[C@H]3C1. The Balaban J connectivity index is 2.31. The van der Waals surface area contributed by atoms with Crippen molar-refractivity contribution >= 4 is 10.8 Å². The van der Waals surface area contributed by atoms with Gasteiger partial charge in [0.2, 0.25) is 0 Å². The van der Waals surface area contributed by atoms with E-state index in [1.165, 1.54) is 0 Å². The fraction of sp³-hybridized carbons (Fsp3) is 0.385. The summed E-state index contributed by atoms with van der Waals surface area (Å²) in [7, 11) is 0. The zero-order valence-electron chi connectivity index (χ0n) is 10.1. The largest absolute Gasteiger partial charge is 0.465 e. The van der Waals surface area contributed by atoms with Crippen LogP contribution < -0.4 is 11.1 Å². The quantitative estimate of drug-likeness (QED) is 0.659. The average molecular weight is 244 g/mol. The summed E-state index contributed by atoms with van der Waals surface area (Å²) in [4.78, 5) is 25.0. The van der Waals surface area contributed by atoms with Gasteiger partial charge in [0, 0.05) is 0 Å². The molecule has 0 saturated carbocycles. The van der Waals surface area contributed by atoms with Crippen molar-refractivity contribution in [1.82, 2.24) is 9.36 Å². The lowest BCUT2D eigenvalue weighted by Gasteiger charge is -2.15. The van der Waals surface area contributed by atoms with Gasteiger partial charge in [-0.3, -0.25) is 9.59 Å². The van der Waals surface area contributed by atoms with Crippen LogP contribution in [0.25, 0.3) is 10.8 Å². The molecule has 3 heterocycles. The van der Waals surface area contributed by atoms with Crippen LogP contribution >= 0.6 is 0 Å². The summed E-state index contributed by atoms with van der Waals surface area (Å²) in [6, 6.07) is 0.0448. The Bertz CT molecular complexity index is 769. The van der Waals surface area contributed by atoms with Gasteiger partial charge in [0.1, 0.15) is 11.5 Å². The van der Waals surface area contributed by atoms with Gasteiger partial charge in [0.15, 0.2) is 0 Å². The van der Waals surface area contributed by atoms with E-state index in [1.54, 1.807) is 23.2 Å². The number of nitrogens with zero attached hydrogens (tertiary/aromatic N) is 2.